The van der Waals surface area contributed by atoms with Gasteiger partial charge >= 0.3 is 5.97 Å². The van der Waals surface area contributed by atoms with Crippen molar-refractivity contribution in [2.24, 2.45) is 5.14 Å². The summed E-state index contributed by atoms with van der Waals surface area (Å²) in [5, 5.41) is 5.03. The summed E-state index contributed by atoms with van der Waals surface area (Å²) in [5.41, 5.74) is 0.162. The molecule has 0 aromatic heterocycles. The van der Waals surface area contributed by atoms with Crippen molar-refractivity contribution in [3.63, 3.8) is 0 Å². The smallest absolute Gasteiger partial charge is 0.338 e. The lowest BCUT2D eigenvalue weighted by molar-refractivity contribution is 0.0498. The second-order valence-corrected chi connectivity index (χ2v) is 6.54. The Morgan fingerprint density at radius 1 is 1.32 bits per heavy atom. The SMILES string of the molecule is CCCCCOC(=O)c1cc(Br)cc(S(N)(=O)=O)c1. The second kappa shape index (κ2) is 7.02. The summed E-state index contributed by atoms with van der Waals surface area (Å²) in [6, 6.07) is 4.04. The number of rotatable bonds is 6. The van der Waals surface area contributed by atoms with Crippen LogP contribution in [0.1, 0.15) is 36.5 Å². The van der Waals surface area contributed by atoms with Gasteiger partial charge in [-0.1, -0.05) is 35.7 Å². The summed E-state index contributed by atoms with van der Waals surface area (Å²) in [5.74, 6) is -0.553. The first-order valence-electron chi connectivity index (χ1n) is 5.85. The second-order valence-electron chi connectivity index (χ2n) is 4.06. The standard InChI is InChI=1S/C12H16BrNO4S/c1-2-3-4-5-18-12(15)9-6-10(13)8-11(7-9)19(14,16)17/h6-8H,2-5H2,1H3,(H2,14,16,17). The summed E-state index contributed by atoms with van der Waals surface area (Å²) in [4.78, 5) is 11.6. The molecule has 0 unspecified atom stereocenters. The van der Waals surface area contributed by atoms with Crippen LogP contribution in [0.4, 0.5) is 0 Å². The fourth-order valence-corrected chi connectivity index (χ4v) is 2.67. The Morgan fingerprint density at radius 3 is 2.58 bits per heavy atom. The zero-order valence-corrected chi connectivity index (χ0v) is 13.0. The van der Waals surface area contributed by atoms with Crippen molar-refractivity contribution < 1.29 is 17.9 Å². The molecule has 106 valence electrons. The highest BCUT2D eigenvalue weighted by Gasteiger charge is 2.14. The zero-order chi connectivity index (χ0) is 14.5. The van der Waals surface area contributed by atoms with Gasteiger partial charge in [-0.05, 0) is 24.6 Å². The van der Waals surface area contributed by atoms with Gasteiger partial charge in [-0.2, -0.15) is 0 Å². The fourth-order valence-electron chi connectivity index (χ4n) is 1.45. The van der Waals surface area contributed by atoms with E-state index >= 15 is 0 Å². The van der Waals surface area contributed by atoms with Crippen LogP contribution in [-0.2, 0) is 14.8 Å². The van der Waals surface area contributed by atoms with Gasteiger partial charge in [-0.3, -0.25) is 0 Å². The van der Waals surface area contributed by atoms with Crippen molar-refractivity contribution in [1.29, 1.82) is 0 Å². The molecule has 0 aliphatic rings. The summed E-state index contributed by atoms with van der Waals surface area (Å²) in [7, 11) is -3.85. The van der Waals surface area contributed by atoms with Crippen molar-refractivity contribution in [3.05, 3.63) is 28.2 Å². The third-order valence-corrected chi connectivity index (χ3v) is 3.77. The maximum atomic E-state index is 11.8. The number of carbonyl (C=O) groups is 1. The molecule has 1 rings (SSSR count). The van der Waals surface area contributed by atoms with E-state index in [-0.39, 0.29) is 10.5 Å². The predicted molar refractivity (Wildman–Crippen MR) is 75.3 cm³/mol. The van der Waals surface area contributed by atoms with Gasteiger partial charge in [0.25, 0.3) is 0 Å². The van der Waals surface area contributed by atoms with E-state index in [1.165, 1.54) is 18.2 Å². The summed E-state index contributed by atoms with van der Waals surface area (Å²) in [6.45, 7) is 2.37. The molecule has 0 saturated carbocycles. The Labute approximate surface area is 121 Å². The number of ether oxygens (including phenoxy) is 1. The molecule has 19 heavy (non-hydrogen) atoms. The first-order chi connectivity index (χ1) is 8.84. The molecule has 0 saturated heterocycles. The van der Waals surface area contributed by atoms with E-state index in [4.69, 9.17) is 9.88 Å². The number of esters is 1. The average Bonchev–Trinajstić information content (AvgIpc) is 2.32. The van der Waals surface area contributed by atoms with Crippen LogP contribution < -0.4 is 5.14 Å². The highest BCUT2D eigenvalue weighted by Crippen LogP contribution is 2.19. The summed E-state index contributed by atoms with van der Waals surface area (Å²) >= 11 is 3.14. The first kappa shape index (κ1) is 16.1. The number of nitrogens with two attached hydrogens (primary N) is 1. The first-order valence-corrected chi connectivity index (χ1v) is 8.19. The van der Waals surface area contributed by atoms with Crippen molar-refractivity contribution in [1.82, 2.24) is 0 Å². The molecule has 5 nitrogen and oxygen atoms in total. The van der Waals surface area contributed by atoms with Gasteiger partial charge in [-0.25, -0.2) is 18.4 Å². The molecule has 7 heteroatoms. The highest BCUT2D eigenvalue weighted by atomic mass is 79.9. The van der Waals surface area contributed by atoms with Gasteiger partial charge in [0.15, 0.2) is 0 Å². The van der Waals surface area contributed by atoms with E-state index in [9.17, 15) is 13.2 Å². The van der Waals surface area contributed by atoms with Crippen molar-refractivity contribution >= 4 is 31.9 Å². The number of benzene rings is 1. The van der Waals surface area contributed by atoms with E-state index in [2.05, 4.69) is 22.9 Å². The number of carbonyl (C=O) groups excluding carboxylic acids is 1. The molecule has 0 fully saturated rings. The van der Waals surface area contributed by atoms with Gasteiger partial charge in [-0.15, -0.1) is 0 Å². The topological polar surface area (TPSA) is 86.5 Å². The highest BCUT2D eigenvalue weighted by molar-refractivity contribution is 9.10. The average molecular weight is 350 g/mol. The third-order valence-electron chi connectivity index (χ3n) is 2.42. The quantitative estimate of drug-likeness (QED) is 0.631. The van der Waals surface area contributed by atoms with E-state index in [0.29, 0.717) is 11.1 Å². The van der Waals surface area contributed by atoms with Crippen LogP contribution >= 0.6 is 15.9 Å². The minimum Gasteiger partial charge on any atom is -0.462 e. The minimum atomic E-state index is -3.85. The molecule has 0 aliphatic carbocycles. The van der Waals surface area contributed by atoms with Crippen LogP contribution in [0.15, 0.2) is 27.6 Å². The third kappa shape index (κ3) is 5.30. The monoisotopic (exact) mass is 349 g/mol. The van der Waals surface area contributed by atoms with Gasteiger partial charge in [0.1, 0.15) is 0 Å². The van der Waals surface area contributed by atoms with Crippen LogP contribution in [0.3, 0.4) is 0 Å². The zero-order valence-electron chi connectivity index (χ0n) is 10.6. The van der Waals surface area contributed by atoms with E-state index < -0.39 is 16.0 Å². The maximum Gasteiger partial charge on any atom is 0.338 e. The van der Waals surface area contributed by atoms with E-state index in [1.807, 2.05) is 0 Å². The number of unbranched alkanes of at least 4 members (excludes halogenated alkanes) is 2. The lowest BCUT2D eigenvalue weighted by Crippen LogP contribution is -2.14. The van der Waals surface area contributed by atoms with Crippen molar-refractivity contribution in [2.75, 3.05) is 6.61 Å². The van der Waals surface area contributed by atoms with Crippen LogP contribution in [0.5, 0.6) is 0 Å². The van der Waals surface area contributed by atoms with Crippen LogP contribution in [0.25, 0.3) is 0 Å². The molecule has 0 heterocycles. The predicted octanol–water partition coefficient (Wildman–Crippen LogP) is 2.44. The summed E-state index contributed by atoms with van der Waals surface area (Å²) in [6.07, 6.45) is 2.80. The molecular weight excluding hydrogens is 334 g/mol. The molecule has 0 aliphatic heterocycles. The minimum absolute atomic E-state index is 0.123. The van der Waals surface area contributed by atoms with E-state index in [0.717, 1.165) is 19.3 Å². The maximum absolute atomic E-state index is 11.8. The molecule has 1 aromatic rings. The van der Waals surface area contributed by atoms with Gasteiger partial charge < -0.3 is 4.74 Å². The van der Waals surface area contributed by atoms with Crippen LogP contribution in [0.2, 0.25) is 0 Å². The Hall–Kier alpha value is -0.920. The fraction of sp³-hybridized carbons (Fsp3) is 0.417. The Balaban J connectivity index is 2.83. The number of hydrogen-bond acceptors (Lipinski definition) is 4. The van der Waals surface area contributed by atoms with E-state index in [1.54, 1.807) is 0 Å². The molecular formula is C12H16BrNO4S. The number of primary sulfonamides is 1. The van der Waals surface area contributed by atoms with Crippen LogP contribution in [0, 0.1) is 0 Å². The number of sulfonamides is 1. The lowest BCUT2D eigenvalue weighted by atomic mass is 10.2. The molecule has 1 aromatic carbocycles. The lowest BCUT2D eigenvalue weighted by Gasteiger charge is -2.06. The van der Waals surface area contributed by atoms with Gasteiger partial charge in [0, 0.05) is 4.47 Å². The molecule has 0 radical (unpaired) electrons. The molecule has 0 bridgehead atoms. The van der Waals surface area contributed by atoms with Crippen molar-refractivity contribution in [3.8, 4) is 0 Å². The number of halogens is 1. The Kier molecular flexibility index (Phi) is 5.96. The Morgan fingerprint density at radius 2 is 2.00 bits per heavy atom. The normalized spacial score (nSPS) is 11.3. The van der Waals surface area contributed by atoms with Crippen LogP contribution in [-0.4, -0.2) is 21.0 Å². The van der Waals surface area contributed by atoms with Gasteiger partial charge in [0.2, 0.25) is 10.0 Å². The largest absolute Gasteiger partial charge is 0.462 e. The molecule has 0 spiro atoms. The molecule has 0 amide bonds. The molecule has 2 N–H and O–H groups in total. The van der Waals surface area contributed by atoms with Crippen molar-refractivity contribution in [2.45, 2.75) is 31.1 Å². The number of hydrogen-bond donors (Lipinski definition) is 1. The summed E-state index contributed by atoms with van der Waals surface area (Å²) < 4.78 is 28.0. The Bertz CT molecular complexity index is 557. The van der Waals surface area contributed by atoms with Gasteiger partial charge in [0.05, 0.1) is 17.1 Å². The molecule has 0 atom stereocenters.